The molecule has 2 aromatic carbocycles. The van der Waals surface area contributed by atoms with E-state index in [4.69, 9.17) is 5.73 Å². The van der Waals surface area contributed by atoms with E-state index in [9.17, 15) is 22.4 Å². The lowest BCUT2D eigenvalue weighted by Gasteiger charge is -2.42. The van der Waals surface area contributed by atoms with Gasteiger partial charge in [-0.15, -0.1) is 0 Å². The number of rotatable bonds is 4. The summed E-state index contributed by atoms with van der Waals surface area (Å²) in [5.41, 5.74) is 4.45. The Morgan fingerprint density at radius 1 is 1.06 bits per heavy atom. The number of imidazole rings is 1. The van der Waals surface area contributed by atoms with Crippen LogP contribution in [0.2, 0.25) is 0 Å². The number of nitrogens with one attached hydrogen (secondary N) is 1. The van der Waals surface area contributed by atoms with Gasteiger partial charge in [0.25, 0.3) is 0 Å². The molecule has 1 aromatic heterocycles. The summed E-state index contributed by atoms with van der Waals surface area (Å²) in [6.07, 6.45) is 0. The number of hydrogen-bond donors (Lipinski definition) is 2. The summed E-state index contributed by atoms with van der Waals surface area (Å²) >= 11 is 0. The van der Waals surface area contributed by atoms with Crippen LogP contribution in [-0.2, 0) is 16.9 Å². The molecule has 0 saturated carbocycles. The van der Waals surface area contributed by atoms with E-state index in [1.807, 2.05) is 0 Å². The Labute approximate surface area is 181 Å². The largest absolute Gasteiger partial charge is 0.340 e. The summed E-state index contributed by atoms with van der Waals surface area (Å²) in [5.74, 6) is -3.42. The molecule has 10 heteroatoms. The molecular formula is C22H21F4N5O. The Morgan fingerprint density at radius 2 is 1.69 bits per heavy atom. The summed E-state index contributed by atoms with van der Waals surface area (Å²) in [7, 11) is 0. The third-order valence-corrected chi connectivity index (χ3v) is 5.56. The molecule has 3 N–H and O–H groups in total. The third kappa shape index (κ3) is 3.60. The van der Waals surface area contributed by atoms with Gasteiger partial charge in [0, 0.05) is 30.9 Å². The first-order valence-electron chi connectivity index (χ1n) is 9.92. The smallest absolute Gasteiger partial charge is 0.237 e. The highest BCUT2D eigenvalue weighted by atomic mass is 19.1. The Hall–Kier alpha value is -3.40. The number of hydrogen-bond acceptors (Lipinski definition) is 4. The molecule has 0 bridgehead atoms. The maximum atomic E-state index is 14.7. The molecule has 0 spiro atoms. The number of halogens is 4. The van der Waals surface area contributed by atoms with E-state index < -0.39 is 34.4 Å². The van der Waals surface area contributed by atoms with Gasteiger partial charge < -0.3 is 20.5 Å². The van der Waals surface area contributed by atoms with Gasteiger partial charge in [0.2, 0.25) is 5.91 Å². The highest BCUT2D eigenvalue weighted by Crippen LogP contribution is 2.41. The lowest BCUT2D eigenvalue weighted by atomic mass is 9.99. The maximum Gasteiger partial charge on any atom is 0.237 e. The van der Waals surface area contributed by atoms with Crippen molar-refractivity contribution in [3.05, 3.63) is 65.5 Å². The van der Waals surface area contributed by atoms with E-state index in [0.717, 1.165) is 0 Å². The SMILES string of the molecule is CC1(C)c2nc(-c3c(F)cc(F)cc3F)c(Nc3ccc(F)cc3)n2CCN1C(=O)CN. The van der Waals surface area contributed by atoms with Crippen LogP contribution in [0.4, 0.5) is 29.1 Å². The minimum Gasteiger partial charge on any atom is -0.340 e. The number of nitrogens with two attached hydrogens (primary N) is 1. The van der Waals surface area contributed by atoms with E-state index in [0.29, 0.717) is 23.6 Å². The number of aromatic nitrogens is 2. The summed E-state index contributed by atoms with van der Waals surface area (Å²) < 4.78 is 58.0. The molecule has 4 rings (SSSR count). The van der Waals surface area contributed by atoms with Crippen molar-refractivity contribution in [3.63, 3.8) is 0 Å². The quantitative estimate of drug-likeness (QED) is 0.595. The van der Waals surface area contributed by atoms with Crippen LogP contribution in [0.5, 0.6) is 0 Å². The highest BCUT2D eigenvalue weighted by Gasteiger charge is 2.41. The lowest BCUT2D eigenvalue weighted by Crippen LogP contribution is -2.53. The molecular weight excluding hydrogens is 426 g/mol. The van der Waals surface area contributed by atoms with Gasteiger partial charge in [-0.3, -0.25) is 4.79 Å². The van der Waals surface area contributed by atoms with Crippen LogP contribution in [0.25, 0.3) is 11.3 Å². The van der Waals surface area contributed by atoms with Crippen molar-refractivity contribution in [1.82, 2.24) is 14.5 Å². The minimum absolute atomic E-state index is 0.0885. The molecule has 2 heterocycles. The molecule has 1 amide bonds. The standard InChI is InChI=1S/C22H21F4N5O/c1-22(2)21-29-19(18-15(25)9-13(24)10-16(18)26)20(28-14-5-3-12(23)4-6-14)30(21)7-8-31(22)17(32)11-27/h3-6,9-10,28H,7-8,11,27H2,1-2H3. The molecule has 0 aliphatic carbocycles. The topological polar surface area (TPSA) is 76.2 Å². The Kier molecular flexibility index (Phi) is 5.41. The number of benzene rings is 2. The highest BCUT2D eigenvalue weighted by molar-refractivity contribution is 5.81. The zero-order valence-corrected chi connectivity index (χ0v) is 17.4. The van der Waals surface area contributed by atoms with Gasteiger partial charge in [0.05, 0.1) is 17.6 Å². The number of nitrogens with zero attached hydrogens (tertiary/aromatic N) is 3. The first-order chi connectivity index (χ1) is 15.1. The van der Waals surface area contributed by atoms with Crippen molar-refractivity contribution >= 4 is 17.4 Å². The minimum atomic E-state index is -1.12. The molecule has 0 atom stereocenters. The van der Waals surface area contributed by atoms with Crippen molar-refractivity contribution in [1.29, 1.82) is 0 Å². The number of anilines is 2. The second-order valence-corrected chi connectivity index (χ2v) is 7.97. The van der Waals surface area contributed by atoms with E-state index in [1.165, 1.54) is 24.3 Å². The van der Waals surface area contributed by atoms with Gasteiger partial charge in [-0.05, 0) is 38.1 Å². The second-order valence-electron chi connectivity index (χ2n) is 7.97. The van der Waals surface area contributed by atoms with Crippen LogP contribution in [0.15, 0.2) is 36.4 Å². The van der Waals surface area contributed by atoms with E-state index in [1.54, 1.807) is 23.3 Å². The Balaban J connectivity index is 1.93. The summed E-state index contributed by atoms with van der Waals surface area (Å²) in [6.45, 7) is 3.87. The number of carbonyl (C=O) groups is 1. The first kappa shape index (κ1) is 21.8. The molecule has 0 saturated heterocycles. The van der Waals surface area contributed by atoms with Crippen LogP contribution in [-0.4, -0.2) is 33.4 Å². The summed E-state index contributed by atoms with van der Waals surface area (Å²) in [5, 5.41) is 3.05. The van der Waals surface area contributed by atoms with Crippen molar-refractivity contribution in [3.8, 4) is 11.3 Å². The molecule has 0 unspecified atom stereocenters. The fourth-order valence-corrected chi connectivity index (χ4v) is 4.02. The van der Waals surface area contributed by atoms with Gasteiger partial charge in [0.1, 0.15) is 40.6 Å². The summed E-state index contributed by atoms with van der Waals surface area (Å²) in [4.78, 5) is 18.4. The van der Waals surface area contributed by atoms with Gasteiger partial charge in [-0.1, -0.05) is 0 Å². The molecule has 0 radical (unpaired) electrons. The fraction of sp³-hybridized carbons (Fsp3) is 0.273. The number of fused-ring (bicyclic) bond motifs is 1. The van der Waals surface area contributed by atoms with Crippen LogP contribution >= 0.6 is 0 Å². The maximum absolute atomic E-state index is 14.7. The average Bonchev–Trinajstić information content (AvgIpc) is 3.08. The zero-order chi connectivity index (χ0) is 23.2. The fourth-order valence-electron chi connectivity index (χ4n) is 4.02. The van der Waals surface area contributed by atoms with Crippen LogP contribution < -0.4 is 11.1 Å². The number of amides is 1. The van der Waals surface area contributed by atoms with Crippen LogP contribution in [0.1, 0.15) is 19.7 Å². The predicted octanol–water partition coefficient (Wildman–Crippen LogP) is 3.89. The second kappa shape index (κ2) is 7.94. The molecule has 1 aliphatic rings. The van der Waals surface area contributed by atoms with Crippen LogP contribution in [0, 0.1) is 23.3 Å². The van der Waals surface area contributed by atoms with Crippen molar-refractivity contribution in [2.24, 2.45) is 5.73 Å². The van der Waals surface area contributed by atoms with E-state index in [-0.39, 0.29) is 37.1 Å². The van der Waals surface area contributed by atoms with Crippen molar-refractivity contribution < 1.29 is 22.4 Å². The third-order valence-electron chi connectivity index (χ3n) is 5.56. The molecule has 168 valence electrons. The predicted molar refractivity (Wildman–Crippen MR) is 111 cm³/mol. The van der Waals surface area contributed by atoms with E-state index >= 15 is 0 Å². The van der Waals surface area contributed by atoms with Crippen molar-refractivity contribution in [2.75, 3.05) is 18.4 Å². The van der Waals surface area contributed by atoms with Crippen molar-refractivity contribution in [2.45, 2.75) is 25.9 Å². The Morgan fingerprint density at radius 3 is 2.28 bits per heavy atom. The molecule has 6 nitrogen and oxygen atoms in total. The van der Waals surface area contributed by atoms with Gasteiger partial charge in [0.15, 0.2) is 0 Å². The zero-order valence-electron chi connectivity index (χ0n) is 17.4. The van der Waals surface area contributed by atoms with E-state index in [2.05, 4.69) is 10.3 Å². The number of carbonyl (C=O) groups excluding carboxylic acids is 1. The molecule has 3 aromatic rings. The van der Waals surface area contributed by atoms with Gasteiger partial charge in [-0.2, -0.15) is 0 Å². The lowest BCUT2D eigenvalue weighted by molar-refractivity contribution is -0.137. The summed E-state index contributed by atoms with van der Waals surface area (Å²) in [6, 6.07) is 6.56. The van der Waals surface area contributed by atoms with Gasteiger partial charge >= 0.3 is 0 Å². The molecule has 0 fully saturated rings. The monoisotopic (exact) mass is 447 g/mol. The average molecular weight is 447 g/mol. The molecule has 32 heavy (non-hydrogen) atoms. The van der Waals surface area contributed by atoms with Gasteiger partial charge in [-0.25, -0.2) is 22.5 Å². The van der Waals surface area contributed by atoms with Crippen LogP contribution in [0.3, 0.4) is 0 Å². The molecule has 1 aliphatic heterocycles. The first-order valence-corrected chi connectivity index (χ1v) is 9.92. The Bertz CT molecular complexity index is 1170. The normalized spacial score (nSPS) is 14.9.